The number of halogens is 1. The smallest absolute Gasteiger partial charge is 0.224 e. The van der Waals surface area contributed by atoms with E-state index < -0.39 is 0 Å². The Kier molecular flexibility index (Phi) is 7.81. The molecule has 2 N–H and O–H groups in total. The molecule has 8 heteroatoms. The normalized spacial score (nSPS) is 12.5. The van der Waals surface area contributed by atoms with Crippen molar-refractivity contribution < 1.29 is 9.13 Å². The highest BCUT2D eigenvalue weighted by Crippen LogP contribution is 2.24. The fraction of sp³-hybridized carbons (Fsp3) is 0.375. The first-order valence-electron chi connectivity index (χ1n) is 10.8. The van der Waals surface area contributed by atoms with Crippen molar-refractivity contribution >= 4 is 5.96 Å². The van der Waals surface area contributed by atoms with Crippen molar-refractivity contribution in [2.24, 2.45) is 12.0 Å². The largest absolute Gasteiger partial charge is 0.439 e. The maximum atomic E-state index is 13.5. The van der Waals surface area contributed by atoms with Gasteiger partial charge in [-0.2, -0.15) is 5.10 Å². The van der Waals surface area contributed by atoms with Gasteiger partial charge < -0.3 is 15.4 Å². The molecule has 0 spiro atoms. The van der Waals surface area contributed by atoms with Gasteiger partial charge in [0, 0.05) is 43.2 Å². The molecule has 7 nitrogen and oxygen atoms in total. The lowest BCUT2D eigenvalue weighted by molar-refractivity contribution is 0.452. The summed E-state index contributed by atoms with van der Waals surface area (Å²) in [6, 6.07) is 9.90. The van der Waals surface area contributed by atoms with Gasteiger partial charge in [-0.05, 0) is 57.9 Å². The van der Waals surface area contributed by atoms with Crippen molar-refractivity contribution in [3.8, 4) is 11.6 Å². The Bertz CT molecular complexity index is 1080. The zero-order chi connectivity index (χ0) is 23.1. The molecule has 0 aliphatic carbocycles. The number of benzene rings is 1. The summed E-state index contributed by atoms with van der Waals surface area (Å²) >= 11 is 0. The third-order valence-electron chi connectivity index (χ3n) is 5.16. The van der Waals surface area contributed by atoms with Crippen LogP contribution in [0.25, 0.3) is 0 Å². The van der Waals surface area contributed by atoms with E-state index in [2.05, 4.69) is 34.6 Å². The van der Waals surface area contributed by atoms with Gasteiger partial charge in [-0.1, -0.05) is 12.1 Å². The molecule has 2 aromatic heterocycles. The molecule has 1 aromatic carbocycles. The van der Waals surface area contributed by atoms with Crippen LogP contribution in [-0.4, -0.2) is 33.3 Å². The Hall–Kier alpha value is -3.42. The van der Waals surface area contributed by atoms with E-state index >= 15 is 0 Å². The van der Waals surface area contributed by atoms with Gasteiger partial charge in [-0.15, -0.1) is 0 Å². The first-order valence-corrected chi connectivity index (χ1v) is 10.8. The molecule has 0 aliphatic rings. The van der Waals surface area contributed by atoms with Crippen LogP contribution in [0.2, 0.25) is 0 Å². The molecule has 3 aromatic rings. The number of aliphatic imine (C=N–C) groups is 1. The molecular formula is C24H31FN6O. The lowest BCUT2D eigenvalue weighted by Crippen LogP contribution is -2.43. The van der Waals surface area contributed by atoms with E-state index in [9.17, 15) is 4.39 Å². The van der Waals surface area contributed by atoms with Gasteiger partial charge in [0.1, 0.15) is 11.6 Å². The molecule has 0 aliphatic heterocycles. The van der Waals surface area contributed by atoms with Crippen LogP contribution in [0.4, 0.5) is 4.39 Å². The average molecular weight is 439 g/mol. The van der Waals surface area contributed by atoms with Crippen LogP contribution >= 0.6 is 0 Å². The van der Waals surface area contributed by atoms with Crippen LogP contribution in [0.5, 0.6) is 11.6 Å². The SMILES string of the molecule is CCNC(=NCc1cccnc1Oc1cccc(F)c1)NC(C)Cc1c(C)nn(C)c1C. The predicted molar refractivity (Wildman–Crippen MR) is 125 cm³/mol. The quantitative estimate of drug-likeness (QED) is 0.410. The molecule has 1 unspecified atom stereocenters. The highest BCUT2D eigenvalue weighted by molar-refractivity contribution is 5.80. The number of pyridine rings is 1. The van der Waals surface area contributed by atoms with Crippen LogP contribution in [0, 0.1) is 19.7 Å². The second-order valence-electron chi connectivity index (χ2n) is 7.74. The average Bonchev–Trinajstić information content (AvgIpc) is 2.99. The van der Waals surface area contributed by atoms with E-state index in [0.717, 1.165) is 24.2 Å². The molecule has 0 radical (unpaired) electrons. The van der Waals surface area contributed by atoms with Gasteiger partial charge in [-0.25, -0.2) is 14.4 Å². The van der Waals surface area contributed by atoms with Gasteiger partial charge in [0.25, 0.3) is 0 Å². The van der Waals surface area contributed by atoms with E-state index in [-0.39, 0.29) is 11.9 Å². The second kappa shape index (κ2) is 10.7. The van der Waals surface area contributed by atoms with Crippen molar-refractivity contribution in [1.29, 1.82) is 0 Å². The van der Waals surface area contributed by atoms with E-state index in [1.807, 2.05) is 37.7 Å². The number of rotatable bonds is 8. The number of nitrogens with zero attached hydrogens (tertiary/aromatic N) is 4. The van der Waals surface area contributed by atoms with Crippen LogP contribution in [0.1, 0.15) is 36.4 Å². The minimum absolute atomic E-state index is 0.159. The highest BCUT2D eigenvalue weighted by Gasteiger charge is 2.14. The van der Waals surface area contributed by atoms with Crippen molar-refractivity contribution in [1.82, 2.24) is 25.4 Å². The summed E-state index contributed by atoms with van der Waals surface area (Å²) in [5, 5.41) is 11.3. The number of guanidine groups is 1. The van der Waals surface area contributed by atoms with Crippen molar-refractivity contribution in [2.45, 2.75) is 46.7 Å². The molecule has 0 saturated heterocycles. The number of nitrogens with one attached hydrogen (secondary N) is 2. The van der Waals surface area contributed by atoms with E-state index in [1.54, 1.807) is 18.3 Å². The van der Waals surface area contributed by atoms with Gasteiger partial charge in [0.05, 0.1) is 12.2 Å². The lowest BCUT2D eigenvalue weighted by atomic mass is 10.1. The van der Waals surface area contributed by atoms with Crippen LogP contribution in [0.3, 0.4) is 0 Å². The Labute approximate surface area is 188 Å². The summed E-state index contributed by atoms with van der Waals surface area (Å²) in [6.07, 6.45) is 2.49. The number of ether oxygens (including phenoxy) is 1. The highest BCUT2D eigenvalue weighted by atomic mass is 19.1. The van der Waals surface area contributed by atoms with Crippen LogP contribution in [-0.2, 0) is 20.0 Å². The molecular weight excluding hydrogens is 407 g/mol. The maximum Gasteiger partial charge on any atom is 0.224 e. The summed E-state index contributed by atoms with van der Waals surface area (Å²) in [5.41, 5.74) is 4.28. The number of hydrogen-bond acceptors (Lipinski definition) is 4. The van der Waals surface area contributed by atoms with E-state index in [1.165, 1.54) is 23.4 Å². The summed E-state index contributed by atoms with van der Waals surface area (Å²) in [5.74, 6) is 1.16. The fourth-order valence-electron chi connectivity index (χ4n) is 3.47. The van der Waals surface area contributed by atoms with Crippen molar-refractivity contribution in [3.63, 3.8) is 0 Å². The second-order valence-corrected chi connectivity index (χ2v) is 7.74. The minimum atomic E-state index is -0.357. The van der Waals surface area contributed by atoms with Crippen LogP contribution < -0.4 is 15.4 Å². The Morgan fingerprint density at radius 3 is 2.75 bits per heavy atom. The van der Waals surface area contributed by atoms with E-state index in [4.69, 9.17) is 9.73 Å². The lowest BCUT2D eigenvalue weighted by Gasteiger charge is -2.18. The molecule has 2 heterocycles. The maximum absolute atomic E-state index is 13.5. The predicted octanol–water partition coefficient (Wildman–Crippen LogP) is 4.05. The van der Waals surface area contributed by atoms with E-state index in [0.29, 0.717) is 24.1 Å². The van der Waals surface area contributed by atoms with Gasteiger partial charge in [0.2, 0.25) is 5.88 Å². The minimum Gasteiger partial charge on any atom is -0.439 e. The standard InChI is InChI=1S/C24H31FN6O/c1-6-26-24(29-16(2)13-22-17(3)30-31(5)18(22)4)28-15-19-9-8-12-27-23(19)32-21-11-7-10-20(25)14-21/h7-12,14,16H,6,13,15H2,1-5H3,(H2,26,28,29). The summed E-state index contributed by atoms with van der Waals surface area (Å²) in [4.78, 5) is 9.02. The zero-order valence-corrected chi connectivity index (χ0v) is 19.3. The number of hydrogen-bond donors (Lipinski definition) is 2. The Morgan fingerprint density at radius 2 is 2.06 bits per heavy atom. The topological polar surface area (TPSA) is 76.4 Å². The monoisotopic (exact) mass is 438 g/mol. The van der Waals surface area contributed by atoms with Gasteiger partial charge in [-0.3, -0.25) is 4.68 Å². The fourth-order valence-corrected chi connectivity index (χ4v) is 3.47. The van der Waals surface area contributed by atoms with Gasteiger partial charge >= 0.3 is 0 Å². The third kappa shape index (κ3) is 6.06. The number of aromatic nitrogens is 3. The molecule has 0 fully saturated rings. The molecule has 0 saturated carbocycles. The molecule has 32 heavy (non-hydrogen) atoms. The van der Waals surface area contributed by atoms with Crippen LogP contribution in [0.15, 0.2) is 47.6 Å². The molecule has 1 atom stereocenters. The summed E-state index contributed by atoms with van der Waals surface area (Å²) in [6.45, 7) is 9.39. The first kappa shape index (κ1) is 23.2. The molecule has 0 bridgehead atoms. The zero-order valence-electron chi connectivity index (χ0n) is 19.3. The molecule has 170 valence electrons. The molecule has 3 rings (SSSR count). The molecule has 0 amide bonds. The summed E-state index contributed by atoms with van der Waals surface area (Å²) < 4.78 is 21.2. The third-order valence-corrected chi connectivity index (χ3v) is 5.16. The Balaban J connectivity index is 1.71. The number of aryl methyl sites for hydroxylation is 2. The van der Waals surface area contributed by atoms with Crippen molar-refractivity contribution in [3.05, 3.63) is 70.9 Å². The Morgan fingerprint density at radius 1 is 1.25 bits per heavy atom. The summed E-state index contributed by atoms with van der Waals surface area (Å²) in [7, 11) is 1.97. The van der Waals surface area contributed by atoms with Crippen molar-refractivity contribution in [2.75, 3.05) is 6.54 Å². The van der Waals surface area contributed by atoms with Gasteiger partial charge in [0.15, 0.2) is 5.96 Å². The first-order chi connectivity index (χ1) is 15.4.